The molecule has 2 heterocycles. The minimum Gasteiger partial charge on any atom is -0.447 e. The van der Waals surface area contributed by atoms with Gasteiger partial charge < -0.3 is 9.73 Å². The van der Waals surface area contributed by atoms with Crippen molar-refractivity contribution in [3.05, 3.63) is 118 Å². The molecule has 4 aromatic rings. The van der Waals surface area contributed by atoms with Crippen LogP contribution in [-0.2, 0) is 26.2 Å². The zero-order valence-electron chi connectivity index (χ0n) is 17.7. The molecule has 2 aromatic carbocycles. The molecule has 4 rings (SSSR count). The van der Waals surface area contributed by atoms with Crippen molar-refractivity contribution in [2.45, 2.75) is 26.2 Å². The van der Waals surface area contributed by atoms with Crippen molar-refractivity contribution in [3.63, 3.8) is 0 Å². The van der Waals surface area contributed by atoms with E-state index in [1.165, 1.54) is 18.4 Å². The Morgan fingerprint density at radius 2 is 1.79 bits per heavy atom. The molecule has 6 nitrogen and oxygen atoms in total. The summed E-state index contributed by atoms with van der Waals surface area (Å²) in [7, 11) is 0. The van der Waals surface area contributed by atoms with E-state index < -0.39 is 0 Å². The van der Waals surface area contributed by atoms with Gasteiger partial charge in [-0.25, -0.2) is 9.37 Å². The predicted molar refractivity (Wildman–Crippen MR) is 123 cm³/mol. The van der Waals surface area contributed by atoms with Crippen LogP contribution in [0.4, 0.5) is 4.39 Å². The minimum atomic E-state index is -0.341. The van der Waals surface area contributed by atoms with Gasteiger partial charge in [0.25, 0.3) is 5.91 Å². The molecule has 2 aromatic heterocycles. The van der Waals surface area contributed by atoms with E-state index in [-0.39, 0.29) is 17.4 Å². The van der Waals surface area contributed by atoms with Crippen LogP contribution >= 0.6 is 11.6 Å². The number of nitrogens with one attached hydrogen (secondary N) is 1. The molecule has 1 N–H and O–H groups in total. The van der Waals surface area contributed by atoms with Crippen LogP contribution in [0.2, 0.25) is 5.02 Å². The van der Waals surface area contributed by atoms with Gasteiger partial charge >= 0.3 is 0 Å². The summed E-state index contributed by atoms with van der Waals surface area (Å²) in [5.41, 5.74) is 2.82. The quantitative estimate of drug-likeness (QED) is 0.377. The number of hydrogen-bond donors (Lipinski definition) is 1. The van der Waals surface area contributed by atoms with Gasteiger partial charge in [-0.1, -0.05) is 48.0 Å². The Morgan fingerprint density at radius 3 is 2.55 bits per heavy atom. The van der Waals surface area contributed by atoms with Crippen LogP contribution in [0, 0.1) is 5.82 Å². The van der Waals surface area contributed by atoms with Gasteiger partial charge in [-0.05, 0) is 41.5 Å². The summed E-state index contributed by atoms with van der Waals surface area (Å²) in [4.78, 5) is 23.0. The molecule has 0 fully saturated rings. The molecule has 33 heavy (non-hydrogen) atoms. The second kappa shape index (κ2) is 10.8. The van der Waals surface area contributed by atoms with Gasteiger partial charge in [0.05, 0.1) is 18.8 Å². The largest absolute Gasteiger partial charge is 0.447 e. The lowest BCUT2D eigenvalue weighted by Crippen LogP contribution is -2.24. The van der Waals surface area contributed by atoms with Crippen molar-refractivity contribution in [2.75, 3.05) is 0 Å². The fraction of sp³-hybridized carbons (Fsp3) is 0.160. The molecular weight excluding hydrogens is 443 g/mol. The Kier molecular flexibility index (Phi) is 7.44. The summed E-state index contributed by atoms with van der Waals surface area (Å²) < 4.78 is 18.9. The van der Waals surface area contributed by atoms with Gasteiger partial charge in [0, 0.05) is 24.3 Å². The number of benzene rings is 2. The van der Waals surface area contributed by atoms with Crippen molar-refractivity contribution in [1.82, 2.24) is 20.2 Å². The Bertz CT molecular complexity index is 1200. The van der Waals surface area contributed by atoms with Crippen LogP contribution in [0.15, 0.2) is 83.6 Å². The first-order chi connectivity index (χ1) is 16.1. The second-order valence-electron chi connectivity index (χ2n) is 7.49. The minimum absolute atomic E-state index is 0.195. The lowest BCUT2D eigenvalue weighted by molar-refractivity contribution is 0.0945. The number of aromatic nitrogens is 2. The molecule has 0 unspecified atom stereocenters. The third kappa shape index (κ3) is 6.47. The maximum absolute atomic E-state index is 13.3. The van der Waals surface area contributed by atoms with Crippen molar-refractivity contribution in [2.24, 2.45) is 0 Å². The average molecular weight is 465 g/mol. The second-order valence-corrected chi connectivity index (χ2v) is 7.90. The smallest absolute Gasteiger partial charge is 0.273 e. The molecular formula is C25H22ClFN4O2. The van der Waals surface area contributed by atoms with E-state index in [9.17, 15) is 9.18 Å². The van der Waals surface area contributed by atoms with Gasteiger partial charge in [0.1, 0.15) is 12.1 Å². The number of carbonyl (C=O) groups is 1. The van der Waals surface area contributed by atoms with Gasteiger partial charge in [-0.2, -0.15) is 0 Å². The van der Waals surface area contributed by atoms with Crippen LogP contribution in [0.5, 0.6) is 0 Å². The molecule has 0 saturated heterocycles. The summed E-state index contributed by atoms with van der Waals surface area (Å²) in [6.07, 6.45) is 3.01. The number of rotatable bonds is 9. The maximum Gasteiger partial charge on any atom is 0.273 e. The lowest BCUT2D eigenvalue weighted by Gasteiger charge is -2.21. The van der Waals surface area contributed by atoms with Gasteiger partial charge in [0.15, 0.2) is 5.69 Å². The molecule has 8 heteroatoms. The van der Waals surface area contributed by atoms with E-state index in [0.29, 0.717) is 37.1 Å². The average Bonchev–Trinajstić information content (AvgIpc) is 3.30. The van der Waals surface area contributed by atoms with Crippen LogP contribution in [-0.4, -0.2) is 20.8 Å². The zero-order valence-corrected chi connectivity index (χ0v) is 18.5. The van der Waals surface area contributed by atoms with E-state index in [4.69, 9.17) is 16.0 Å². The number of hydrogen-bond acceptors (Lipinski definition) is 5. The number of nitrogens with zero attached hydrogens (tertiary/aromatic N) is 3. The van der Waals surface area contributed by atoms with Crippen LogP contribution in [0.1, 0.15) is 33.2 Å². The summed E-state index contributed by atoms with van der Waals surface area (Å²) in [5.74, 6) is -0.232. The maximum atomic E-state index is 13.3. The van der Waals surface area contributed by atoms with Crippen molar-refractivity contribution in [3.8, 4) is 0 Å². The van der Waals surface area contributed by atoms with Gasteiger partial charge in [0.2, 0.25) is 5.89 Å². The van der Waals surface area contributed by atoms with E-state index >= 15 is 0 Å². The summed E-state index contributed by atoms with van der Waals surface area (Å²) in [5, 5.41) is 3.44. The first-order valence-corrected chi connectivity index (χ1v) is 10.8. The van der Waals surface area contributed by atoms with Crippen molar-refractivity contribution in [1.29, 1.82) is 0 Å². The SMILES string of the molecule is O=C(NCc1ccccn1)c1coc(CN(Cc2ccc(F)cc2)Cc2ccccc2Cl)n1. The topological polar surface area (TPSA) is 71.3 Å². The Morgan fingerprint density at radius 1 is 1.00 bits per heavy atom. The van der Waals surface area contributed by atoms with E-state index in [0.717, 1.165) is 16.8 Å². The Hall–Kier alpha value is -3.55. The van der Waals surface area contributed by atoms with Crippen LogP contribution in [0.25, 0.3) is 0 Å². The number of oxazole rings is 1. The highest BCUT2D eigenvalue weighted by atomic mass is 35.5. The normalized spacial score (nSPS) is 11.0. The fourth-order valence-electron chi connectivity index (χ4n) is 3.33. The van der Waals surface area contributed by atoms with E-state index in [1.807, 2.05) is 42.5 Å². The van der Waals surface area contributed by atoms with Crippen LogP contribution < -0.4 is 5.32 Å². The Balaban J connectivity index is 1.45. The molecule has 0 radical (unpaired) electrons. The first-order valence-electron chi connectivity index (χ1n) is 10.4. The third-order valence-corrected chi connectivity index (χ3v) is 5.34. The zero-order chi connectivity index (χ0) is 23.0. The number of halogens is 2. The molecule has 1 amide bonds. The lowest BCUT2D eigenvalue weighted by atomic mass is 10.1. The first kappa shape index (κ1) is 22.6. The third-order valence-electron chi connectivity index (χ3n) is 4.97. The molecule has 0 aliphatic rings. The number of pyridine rings is 1. The molecule has 0 spiro atoms. The summed E-state index contributed by atoms with van der Waals surface area (Å²) in [6.45, 7) is 1.69. The highest BCUT2D eigenvalue weighted by molar-refractivity contribution is 6.31. The molecule has 0 aliphatic heterocycles. The summed E-state index contributed by atoms with van der Waals surface area (Å²) >= 11 is 6.35. The van der Waals surface area contributed by atoms with Crippen molar-refractivity contribution >= 4 is 17.5 Å². The highest BCUT2D eigenvalue weighted by Crippen LogP contribution is 2.20. The highest BCUT2D eigenvalue weighted by Gasteiger charge is 2.17. The standard InChI is InChI=1S/C25H22ClFN4O2/c26-22-7-2-1-5-19(22)15-31(14-18-8-10-20(27)11-9-18)16-24-30-23(17-33-24)25(32)29-13-21-6-3-4-12-28-21/h1-12,17H,13-16H2,(H,29,32). The molecule has 0 bridgehead atoms. The van der Waals surface area contributed by atoms with Gasteiger partial charge in [-0.15, -0.1) is 0 Å². The monoisotopic (exact) mass is 464 g/mol. The van der Waals surface area contributed by atoms with Gasteiger partial charge in [-0.3, -0.25) is 14.7 Å². The molecule has 168 valence electrons. The molecule has 0 aliphatic carbocycles. The molecule has 0 atom stereocenters. The summed E-state index contributed by atoms with van der Waals surface area (Å²) in [6, 6.07) is 19.4. The van der Waals surface area contributed by atoms with Crippen molar-refractivity contribution < 1.29 is 13.6 Å². The van der Waals surface area contributed by atoms with E-state index in [2.05, 4.69) is 20.2 Å². The molecule has 0 saturated carbocycles. The van der Waals surface area contributed by atoms with E-state index in [1.54, 1.807) is 18.3 Å². The van der Waals surface area contributed by atoms with Crippen LogP contribution in [0.3, 0.4) is 0 Å². The Labute approximate surface area is 196 Å². The fourth-order valence-corrected chi connectivity index (χ4v) is 3.52. The number of carbonyl (C=O) groups excluding carboxylic acids is 1. The predicted octanol–water partition coefficient (Wildman–Crippen LogP) is 4.99. The number of amides is 1.